The van der Waals surface area contributed by atoms with Gasteiger partial charge in [0, 0.05) is 11.6 Å². The van der Waals surface area contributed by atoms with Gasteiger partial charge in [-0.3, -0.25) is 0 Å². The van der Waals surface area contributed by atoms with E-state index in [2.05, 4.69) is 5.32 Å². The monoisotopic (exact) mass is 313 g/mol. The Morgan fingerprint density at radius 1 is 1.17 bits per heavy atom. The second-order valence-electron chi connectivity index (χ2n) is 5.93. The number of nitrogens with one attached hydrogen (secondary N) is 1. The molecule has 0 bridgehead atoms. The molecule has 3 rings (SSSR count). The van der Waals surface area contributed by atoms with Crippen LogP contribution in [0.25, 0.3) is 11.3 Å². The molecule has 23 heavy (non-hydrogen) atoms. The molecule has 0 saturated heterocycles. The van der Waals surface area contributed by atoms with Crippen LogP contribution in [0.3, 0.4) is 0 Å². The second-order valence-corrected chi connectivity index (χ2v) is 5.93. The highest BCUT2D eigenvalue weighted by atomic mass is 16.5. The van der Waals surface area contributed by atoms with Crippen molar-refractivity contribution in [2.45, 2.75) is 45.2 Å². The molecule has 1 saturated carbocycles. The summed E-state index contributed by atoms with van der Waals surface area (Å²) in [6, 6.07) is 11.9. The van der Waals surface area contributed by atoms with E-state index in [9.17, 15) is 4.79 Å². The molecule has 1 aromatic carbocycles. The quantitative estimate of drug-likeness (QED) is 0.814. The van der Waals surface area contributed by atoms with Crippen molar-refractivity contribution in [3.05, 3.63) is 47.7 Å². The lowest BCUT2D eigenvalue weighted by molar-refractivity contribution is 0.0526. The summed E-state index contributed by atoms with van der Waals surface area (Å²) in [7, 11) is 0. The van der Waals surface area contributed by atoms with Crippen molar-refractivity contribution in [1.29, 1.82) is 0 Å². The first-order valence-electron chi connectivity index (χ1n) is 8.36. The lowest BCUT2D eigenvalue weighted by atomic mass is 10.1. The van der Waals surface area contributed by atoms with E-state index in [1.807, 2.05) is 24.3 Å². The summed E-state index contributed by atoms with van der Waals surface area (Å²) in [5, 5.41) is 3.55. The maximum absolute atomic E-state index is 11.7. The van der Waals surface area contributed by atoms with Crippen molar-refractivity contribution < 1.29 is 13.9 Å². The van der Waals surface area contributed by atoms with E-state index >= 15 is 0 Å². The van der Waals surface area contributed by atoms with Crippen LogP contribution in [0.1, 0.15) is 48.7 Å². The SMILES string of the molecule is CCOC(=O)c1ccc(-c2ccc(CNC3CCCC3)o2)cc1. The largest absolute Gasteiger partial charge is 0.462 e. The van der Waals surface area contributed by atoms with Gasteiger partial charge >= 0.3 is 5.97 Å². The van der Waals surface area contributed by atoms with Crippen LogP contribution in [0.2, 0.25) is 0 Å². The third-order valence-corrected chi connectivity index (χ3v) is 4.26. The van der Waals surface area contributed by atoms with Crippen LogP contribution < -0.4 is 5.32 Å². The topological polar surface area (TPSA) is 51.5 Å². The standard InChI is InChI=1S/C19H23NO3/c1-2-22-19(21)15-9-7-14(8-10-15)18-12-11-17(23-18)13-20-16-5-3-4-6-16/h7-12,16,20H,2-6,13H2,1H3. The van der Waals surface area contributed by atoms with E-state index in [0.29, 0.717) is 18.2 Å². The fourth-order valence-corrected chi connectivity index (χ4v) is 2.99. The van der Waals surface area contributed by atoms with Crippen molar-refractivity contribution in [3.63, 3.8) is 0 Å². The third kappa shape index (κ3) is 4.02. The van der Waals surface area contributed by atoms with Gasteiger partial charge in [0.25, 0.3) is 0 Å². The summed E-state index contributed by atoms with van der Waals surface area (Å²) >= 11 is 0. The lowest BCUT2D eigenvalue weighted by Crippen LogP contribution is -2.24. The maximum Gasteiger partial charge on any atom is 0.338 e. The Morgan fingerprint density at radius 3 is 2.61 bits per heavy atom. The molecule has 0 radical (unpaired) electrons. The minimum atomic E-state index is -0.292. The van der Waals surface area contributed by atoms with E-state index in [1.54, 1.807) is 19.1 Å². The molecule has 1 aliphatic carbocycles. The minimum Gasteiger partial charge on any atom is -0.462 e. The zero-order valence-electron chi connectivity index (χ0n) is 13.5. The van der Waals surface area contributed by atoms with E-state index in [1.165, 1.54) is 25.7 Å². The van der Waals surface area contributed by atoms with Crippen molar-refractivity contribution in [2.75, 3.05) is 6.61 Å². The molecule has 1 aromatic heterocycles. The van der Waals surface area contributed by atoms with Crippen molar-refractivity contribution in [3.8, 4) is 11.3 Å². The molecule has 1 heterocycles. The number of carbonyl (C=O) groups excluding carboxylic acids is 1. The molecule has 0 atom stereocenters. The van der Waals surface area contributed by atoms with Crippen molar-refractivity contribution >= 4 is 5.97 Å². The fourth-order valence-electron chi connectivity index (χ4n) is 2.99. The highest BCUT2D eigenvalue weighted by Crippen LogP contribution is 2.24. The van der Waals surface area contributed by atoms with Crippen LogP contribution in [0, 0.1) is 0 Å². The van der Waals surface area contributed by atoms with Crippen molar-refractivity contribution in [1.82, 2.24) is 5.32 Å². The molecule has 1 fully saturated rings. The van der Waals surface area contributed by atoms with Crippen molar-refractivity contribution in [2.24, 2.45) is 0 Å². The minimum absolute atomic E-state index is 0.292. The van der Waals surface area contributed by atoms with Gasteiger partial charge in [-0.15, -0.1) is 0 Å². The first-order chi connectivity index (χ1) is 11.3. The van der Waals surface area contributed by atoms with Gasteiger partial charge in [-0.1, -0.05) is 25.0 Å². The highest BCUT2D eigenvalue weighted by molar-refractivity contribution is 5.89. The molecule has 0 spiro atoms. The molecule has 4 nitrogen and oxygen atoms in total. The van der Waals surface area contributed by atoms with Crippen LogP contribution in [0.4, 0.5) is 0 Å². The second kappa shape index (κ2) is 7.47. The smallest absolute Gasteiger partial charge is 0.338 e. The van der Waals surface area contributed by atoms with Crippen LogP contribution in [0.15, 0.2) is 40.8 Å². The molecular weight excluding hydrogens is 290 g/mol. The van der Waals surface area contributed by atoms with Gasteiger partial charge in [-0.25, -0.2) is 4.79 Å². The fraction of sp³-hybridized carbons (Fsp3) is 0.421. The Balaban J connectivity index is 1.61. The molecule has 122 valence electrons. The van der Waals surface area contributed by atoms with Crippen LogP contribution >= 0.6 is 0 Å². The number of esters is 1. The van der Waals surface area contributed by atoms with Gasteiger partial charge in [-0.05, 0) is 44.0 Å². The van der Waals surface area contributed by atoms with Crippen LogP contribution in [-0.2, 0) is 11.3 Å². The number of hydrogen-bond donors (Lipinski definition) is 1. The summed E-state index contributed by atoms with van der Waals surface area (Å²) < 4.78 is 10.9. The summed E-state index contributed by atoms with van der Waals surface area (Å²) in [5.41, 5.74) is 1.52. The summed E-state index contributed by atoms with van der Waals surface area (Å²) in [6.45, 7) is 2.96. The van der Waals surface area contributed by atoms with Crippen LogP contribution in [0.5, 0.6) is 0 Å². The molecule has 0 unspecified atom stereocenters. The van der Waals surface area contributed by atoms with Gasteiger partial charge in [0.15, 0.2) is 0 Å². The third-order valence-electron chi connectivity index (χ3n) is 4.26. The van der Waals surface area contributed by atoms with Gasteiger partial charge < -0.3 is 14.5 Å². The van der Waals surface area contributed by atoms with Gasteiger partial charge in [0.2, 0.25) is 0 Å². The molecule has 0 aliphatic heterocycles. The van der Waals surface area contributed by atoms with E-state index < -0.39 is 0 Å². The summed E-state index contributed by atoms with van der Waals surface area (Å²) in [5.74, 6) is 1.48. The number of ether oxygens (including phenoxy) is 1. The summed E-state index contributed by atoms with van der Waals surface area (Å²) in [4.78, 5) is 11.7. The van der Waals surface area contributed by atoms with Gasteiger partial charge in [-0.2, -0.15) is 0 Å². The van der Waals surface area contributed by atoms with Crippen LogP contribution in [-0.4, -0.2) is 18.6 Å². The number of hydrogen-bond acceptors (Lipinski definition) is 4. The summed E-state index contributed by atoms with van der Waals surface area (Å²) in [6.07, 6.45) is 5.19. The zero-order chi connectivity index (χ0) is 16.1. The normalized spacial score (nSPS) is 15.0. The Kier molecular flexibility index (Phi) is 5.13. The highest BCUT2D eigenvalue weighted by Gasteiger charge is 2.15. The van der Waals surface area contributed by atoms with E-state index in [-0.39, 0.29) is 5.97 Å². The predicted octanol–water partition coefficient (Wildman–Crippen LogP) is 4.16. The lowest BCUT2D eigenvalue weighted by Gasteiger charge is -2.09. The van der Waals surface area contributed by atoms with E-state index in [4.69, 9.17) is 9.15 Å². The number of carbonyl (C=O) groups is 1. The Labute approximate surface area is 136 Å². The zero-order valence-corrected chi connectivity index (χ0v) is 13.5. The first kappa shape index (κ1) is 15.8. The Hall–Kier alpha value is -2.07. The molecular formula is C19H23NO3. The number of rotatable bonds is 6. The average Bonchev–Trinajstić information content (AvgIpc) is 3.25. The Bertz CT molecular complexity index is 639. The van der Waals surface area contributed by atoms with Gasteiger partial charge in [0.05, 0.1) is 18.7 Å². The maximum atomic E-state index is 11.7. The van der Waals surface area contributed by atoms with E-state index in [0.717, 1.165) is 23.6 Å². The molecule has 1 aliphatic rings. The number of benzene rings is 1. The van der Waals surface area contributed by atoms with Gasteiger partial charge in [0.1, 0.15) is 11.5 Å². The Morgan fingerprint density at radius 2 is 1.91 bits per heavy atom. The molecule has 4 heteroatoms. The molecule has 2 aromatic rings. The molecule has 1 N–H and O–H groups in total. The average molecular weight is 313 g/mol. The first-order valence-corrected chi connectivity index (χ1v) is 8.36. The number of furan rings is 1. The predicted molar refractivity (Wildman–Crippen MR) is 89.2 cm³/mol. The molecule has 0 amide bonds.